The molecule has 0 radical (unpaired) electrons. The van der Waals surface area contributed by atoms with Gasteiger partial charge in [0.15, 0.2) is 5.82 Å². The molecule has 2 aliphatic heterocycles. The van der Waals surface area contributed by atoms with Crippen LogP contribution in [0.25, 0.3) is 0 Å². The first-order valence-electron chi connectivity index (χ1n) is 11.2. The molecule has 9 heteroatoms. The lowest BCUT2D eigenvalue weighted by Crippen LogP contribution is -2.52. The molecule has 32 heavy (non-hydrogen) atoms. The molecule has 0 spiro atoms. The molecule has 2 fully saturated rings. The minimum Gasteiger partial charge on any atom is -0.633 e. The Kier molecular flexibility index (Phi) is 7.64. The molecule has 0 saturated carbocycles. The lowest BCUT2D eigenvalue weighted by molar-refractivity contribution is -0.888. The van der Waals surface area contributed by atoms with E-state index in [9.17, 15) is 5.21 Å². The van der Waals surface area contributed by atoms with Crippen LogP contribution >= 0.6 is 0 Å². The average molecular weight is 442 g/mol. The number of benzene rings is 1. The summed E-state index contributed by atoms with van der Waals surface area (Å²) in [6, 6.07) is 12.0. The van der Waals surface area contributed by atoms with Gasteiger partial charge >= 0.3 is 0 Å². The van der Waals surface area contributed by atoms with Crippen molar-refractivity contribution in [3.63, 3.8) is 0 Å². The standard InChI is InChI=1S/C23H31N5O4/c1-19-3-2-4-20(15-19)18-24-26-22-16-21(27-5-10-30-11-6-27)17-23(25-22)32-14-9-28(29)7-12-31-13-8-28/h2-4,15-17H,5-14,18H2,1H3. The molecule has 9 nitrogen and oxygen atoms in total. The number of hydroxylamine groups is 3. The Hall–Kier alpha value is -2.59. The number of quaternary nitrogens is 1. The van der Waals surface area contributed by atoms with E-state index >= 15 is 0 Å². The second kappa shape index (κ2) is 10.8. The summed E-state index contributed by atoms with van der Waals surface area (Å²) in [4.78, 5) is 6.73. The highest BCUT2D eigenvalue weighted by molar-refractivity contribution is 5.55. The van der Waals surface area contributed by atoms with Gasteiger partial charge in [-0.2, -0.15) is 10.1 Å². The van der Waals surface area contributed by atoms with Crippen molar-refractivity contribution in [1.29, 1.82) is 0 Å². The van der Waals surface area contributed by atoms with Crippen LogP contribution in [0.1, 0.15) is 11.1 Å². The Morgan fingerprint density at radius 3 is 2.66 bits per heavy atom. The van der Waals surface area contributed by atoms with E-state index in [0.717, 1.165) is 24.3 Å². The van der Waals surface area contributed by atoms with Crippen molar-refractivity contribution in [2.45, 2.75) is 13.5 Å². The summed E-state index contributed by atoms with van der Waals surface area (Å²) in [5.74, 6) is 0.951. The SMILES string of the molecule is Cc1cccc(CN=Nc2cc(N3CCOCC3)cc(OCC[N+]3([O-])CCOCC3)n2)c1. The highest BCUT2D eigenvalue weighted by Gasteiger charge is 2.21. The van der Waals surface area contributed by atoms with E-state index in [-0.39, 0.29) is 4.65 Å². The maximum absolute atomic E-state index is 12.7. The van der Waals surface area contributed by atoms with Gasteiger partial charge in [0.05, 0.1) is 33.0 Å². The van der Waals surface area contributed by atoms with Gasteiger partial charge in [-0.1, -0.05) is 29.8 Å². The van der Waals surface area contributed by atoms with Gasteiger partial charge in [-0.25, -0.2) is 0 Å². The summed E-state index contributed by atoms with van der Waals surface area (Å²) >= 11 is 0. The predicted molar refractivity (Wildman–Crippen MR) is 121 cm³/mol. The van der Waals surface area contributed by atoms with Gasteiger partial charge in [-0.15, -0.1) is 5.11 Å². The second-order valence-corrected chi connectivity index (χ2v) is 8.20. The van der Waals surface area contributed by atoms with E-state index in [2.05, 4.69) is 39.2 Å². The van der Waals surface area contributed by atoms with Gasteiger partial charge in [0.1, 0.15) is 26.2 Å². The van der Waals surface area contributed by atoms with E-state index in [1.807, 2.05) is 24.3 Å². The van der Waals surface area contributed by atoms with Gasteiger partial charge in [0.2, 0.25) is 5.88 Å². The van der Waals surface area contributed by atoms with E-state index in [1.165, 1.54) is 5.56 Å². The number of hydrogen-bond donors (Lipinski definition) is 0. The minimum absolute atomic E-state index is 0.286. The van der Waals surface area contributed by atoms with Gasteiger partial charge in [0.25, 0.3) is 0 Å². The number of pyridine rings is 1. The van der Waals surface area contributed by atoms with Gasteiger partial charge in [0, 0.05) is 30.9 Å². The Labute approximate surface area is 188 Å². The van der Waals surface area contributed by atoms with Crippen molar-refractivity contribution in [2.24, 2.45) is 10.2 Å². The normalized spacial score (nSPS) is 18.8. The number of hydrogen-bond acceptors (Lipinski definition) is 8. The van der Waals surface area contributed by atoms with Gasteiger partial charge in [-0.05, 0) is 12.5 Å². The molecule has 3 heterocycles. The summed E-state index contributed by atoms with van der Waals surface area (Å²) in [6.07, 6.45) is 0. The lowest BCUT2D eigenvalue weighted by atomic mass is 10.1. The molecule has 0 aliphatic carbocycles. The molecule has 1 aromatic carbocycles. The molecule has 0 unspecified atom stereocenters. The Balaban J connectivity index is 1.45. The molecular formula is C23H31N5O4. The Bertz CT molecular complexity index is 911. The summed E-state index contributed by atoms with van der Waals surface area (Å²) in [7, 11) is 0. The summed E-state index contributed by atoms with van der Waals surface area (Å²) in [5.41, 5.74) is 3.27. The highest BCUT2D eigenvalue weighted by atomic mass is 16.6. The van der Waals surface area contributed by atoms with Crippen molar-refractivity contribution in [3.05, 3.63) is 52.7 Å². The zero-order valence-electron chi connectivity index (χ0n) is 18.6. The zero-order valence-corrected chi connectivity index (χ0v) is 18.6. The van der Waals surface area contributed by atoms with Crippen molar-refractivity contribution in [2.75, 3.05) is 70.7 Å². The molecule has 0 atom stereocenters. The van der Waals surface area contributed by atoms with Crippen molar-refractivity contribution < 1.29 is 18.9 Å². The maximum atomic E-state index is 12.7. The number of anilines is 1. The first-order valence-corrected chi connectivity index (χ1v) is 11.2. The van der Waals surface area contributed by atoms with Crippen LogP contribution in [0.15, 0.2) is 46.6 Å². The number of nitrogens with zero attached hydrogens (tertiary/aromatic N) is 5. The predicted octanol–water partition coefficient (Wildman–Crippen LogP) is 3.23. The second-order valence-electron chi connectivity index (χ2n) is 8.20. The van der Waals surface area contributed by atoms with Crippen LogP contribution < -0.4 is 9.64 Å². The van der Waals surface area contributed by atoms with Crippen molar-refractivity contribution in [1.82, 2.24) is 4.98 Å². The van der Waals surface area contributed by atoms with Crippen LogP contribution in [0.3, 0.4) is 0 Å². The van der Waals surface area contributed by atoms with Crippen molar-refractivity contribution in [3.8, 4) is 5.88 Å². The van der Waals surface area contributed by atoms with Gasteiger partial charge in [-0.3, -0.25) is 0 Å². The molecule has 2 saturated heterocycles. The number of aromatic nitrogens is 1. The first kappa shape index (κ1) is 22.6. The van der Waals surface area contributed by atoms with E-state index in [0.29, 0.717) is 70.9 Å². The Morgan fingerprint density at radius 1 is 1.09 bits per heavy atom. The Morgan fingerprint density at radius 2 is 1.88 bits per heavy atom. The van der Waals surface area contributed by atoms with E-state index in [4.69, 9.17) is 14.2 Å². The number of rotatable bonds is 8. The number of morpholine rings is 2. The molecule has 2 aliphatic rings. The molecule has 0 amide bonds. The molecule has 172 valence electrons. The summed E-state index contributed by atoms with van der Waals surface area (Å²) in [6.45, 7) is 8.09. The number of ether oxygens (including phenoxy) is 3. The topological polar surface area (TPSA) is 91.6 Å². The van der Waals surface area contributed by atoms with Gasteiger partial charge < -0.3 is 29.0 Å². The first-order chi connectivity index (χ1) is 15.6. The number of azo groups is 1. The largest absolute Gasteiger partial charge is 0.633 e. The lowest BCUT2D eigenvalue weighted by Gasteiger charge is -2.44. The smallest absolute Gasteiger partial charge is 0.217 e. The third-order valence-electron chi connectivity index (χ3n) is 5.69. The fraction of sp³-hybridized carbons (Fsp3) is 0.522. The minimum atomic E-state index is -0.286. The average Bonchev–Trinajstić information content (AvgIpc) is 2.80. The molecule has 1 aromatic heterocycles. The fourth-order valence-corrected chi connectivity index (χ4v) is 3.82. The highest BCUT2D eigenvalue weighted by Crippen LogP contribution is 2.27. The molecule has 0 bridgehead atoms. The van der Waals surface area contributed by atoms with Crippen molar-refractivity contribution >= 4 is 11.5 Å². The van der Waals surface area contributed by atoms with Crippen LogP contribution in [-0.4, -0.2) is 75.4 Å². The molecule has 4 rings (SSSR count). The van der Waals surface area contributed by atoms with Crippen LogP contribution in [0.5, 0.6) is 5.88 Å². The summed E-state index contributed by atoms with van der Waals surface area (Å²) < 4.78 is 16.4. The van der Waals surface area contributed by atoms with Crippen LogP contribution in [0, 0.1) is 12.1 Å². The monoisotopic (exact) mass is 441 g/mol. The maximum Gasteiger partial charge on any atom is 0.217 e. The fourth-order valence-electron chi connectivity index (χ4n) is 3.82. The van der Waals surface area contributed by atoms with Crippen LogP contribution in [-0.2, 0) is 16.0 Å². The van der Waals surface area contributed by atoms with E-state index < -0.39 is 0 Å². The molecular weight excluding hydrogens is 410 g/mol. The van der Waals surface area contributed by atoms with Crippen LogP contribution in [0.4, 0.5) is 11.5 Å². The third-order valence-corrected chi connectivity index (χ3v) is 5.69. The quantitative estimate of drug-likeness (QED) is 0.355. The molecule has 0 N–H and O–H groups in total. The summed E-state index contributed by atoms with van der Waals surface area (Å²) in [5, 5.41) is 21.4. The third kappa shape index (κ3) is 6.46. The van der Waals surface area contributed by atoms with Crippen LogP contribution in [0.2, 0.25) is 0 Å². The molecule has 2 aromatic rings. The van der Waals surface area contributed by atoms with E-state index in [1.54, 1.807) is 0 Å². The zero-order chi connectivity index (χ0) is 22.2. The number of aryl methyl sites for hydroxylation is 1.